The van der Waals surface area contributed by atoms with Crippen LogP contribution in [0.15, 0.2) is 18.2 Å². The molecule has 2 aromatic heterocycles. The van der Waals surface area contributed by atoms with E-state index in [2.05, 4.69) is 17.4 Å². The second-order valence-electron chi connectivity index (χ2n) is 5.06. The lowest BCUT2D eigenvalue weighted by Crippen LogP contribution is -2.10. The topological polar surface area (TPSA) is 43.3 Å². The van der Waals surface area contributed by atoms with Crippen LogP contribution in [-0.2, 0) is 0 Å². The van der Waals surface area contributed by atoms with Gasteiger partial charge in [-0.15, -0.1) is 0 Å². The van der Waals surface area contributed by atoms with Crippen molar-refractivity contribution in [2.75, 3.05) is 5.73 Å². The lowest BCUT2D eigenvalue weighted by Gasteiger charge is -2.20. The van der Waals surface area contributed by atoms with Crippen molar-refractivity contribution in [1.82, 2.24) is 9.38 Å². The first-order valence-corrected chi connectivity index (χ1v) is 6.51. The van der Waals surface area contributed by atoms with Crippen LogP contribution in [-0.4, -0.2) is 9.38 Å². The maximum absolute atomic E-state index is 6.10. The Balaban J connectivity index is 2.15. The van der Waals surface area contributed by atoms with Crippen LogP contribution in [0.25, 0.3) is 5.52 Å². The van der Waals surface area contributed by atoms with Crippen molar-refractivity contribution in [1.29, 1.82) is 0 Å². The van der Waals surface area contributed by atoms with Gasteiger partial charge in [0, 0.05) is 5.92 Å². The summed E-state index contributed by atoms with van der Waals surface area (Å²) in [5.41, 5.74) is 8.35. The van der Waals surface area contributed by atoms with Gasteiger partial charge in [0.15, 0.2) is 0 Å². The number of nitrogens with zero attached hydrogens (tertiary/aromatic N) is 2. The van der Waals surface area contributed by atoms with Gasteiger partial charge in [-0.2, -0.15) is 0 Å². The number of hydrogen-bond donors (Lipinski definition) is 1. The maximum Gasteiger partial charge on any atom is 0.118 e. The predicted octanol–water partition coefficient (Wildman–Crippen LogP) is 3.27. The van der Waals surface area contributed by atoms with Crippen LogP contribution in [0.4, 0.5) is 5.82 Å². The Bertz CT molecular complexity index is 536. The zero-order valence-electron chi connectivity index (χ0n) is 10.3. The molecule has 0 spiro atoms. The van der Waals surface area contributed by atoms with Gasteiger partial charge in [0.05, 0.1) is 11.2 Å². The van der Waals surface area contributed by atoms with Crippen molar-refractivity contribution in [3.8, 4) is 0 Å². The summed E-state index contributed by atoms with van der Waals surface area (Å²) in [6.45, 7) is 2.07. The standard InChI is InChI=1S/C14H19N3/c1-10-12-8-5-9-13(15)17(12)14(16-10)11-6-3-2-4-7-11/h5,8-9,11H,2-4,6-7,15H2,1H3. The Morgan fingerprint density at radius 1 is 1.24 bits per heavy atom. The van der Waals surface area contributed by atoms with Crippen LogP contribution < -0.4 is 5.73 Å². The molecule has 1 fully saturated rings. The third-order valence-electron chi connectivity index (χ3n) is 3.87. The molecule has 2 heterocycles. The van der Waals surface area contributed by atoms with Crippen molar-refractivity contribution in [3.05, 3.63) is 29.7 Å². The van der Waals surface area contributed by atoms with Crippen LogP contribution in [0.5, 0.6) is 0 Å². The molecule has 3 nitrogen and oxygen atoms in total. The minimum Gasteiger partial charge on any atom is -0.385 e. The van der Waals surface area contributed by atoms with Crippen LogP contribution in [0.2, 0.25) is 0 Å². The number of pyridine rings is 1. The van der Waals surface area contributed by atoms with E-state index in [1.807, 2.05) is 12.1 Å². The molecule has 17 heavy (non-hydrogen) atoms. The second kappa shape index (κ2) is 4.06. The van der Waals surface area contributed by atoms with E-state index in [4.69, 9.17) is 10.7 Å². The molecule has 0 aromatic carbocycles. The molecule has 0 saturated heterocycles. The number of aromatic nitrogens is 2. The molecule has 0 atom stereocenters. The maximum atomic E-state index is 6.10. The molecule has 0 radical (unpaired) electrons. The number of rotatable bonds is 1. The number of imidazole rings is 1. The van der Waals surface area contributed by atoms with E-state index in [0.717, 1.165) is 17.0 Å². The van der Waals surface area contributed by atoms with Crippen LogP contribution >= 0.6 is 0 Å². The van der Waals surface area contributed by atoms with Gasteiger partial charge in [0.1, 0.15) is 11.6 Å². The lowest BCUT2D eigenvalue weighted by atomic mass is 9.89. The zero-order chi connectivity index (χ0) is 11.8. The van der Waals surface area contributed by atoms with Crippen LogP contribution in [0.3, 0.4) is 0 Å². The van der Waals surface area contributed by atoms with Gasteiger partial charge in [0.25, 0.3) is 0 Å². The number of nitrogen functional groups attached to an aromatic ring is 1. The summed E-state index contributed by atoms with van der Waals surface area (Å²) < 4.78 is 2.14. The number of anilines is 1. The van der Waals surface area contributed by atoms with Crippen molar-refractivity contribution in [2.45, 2.75) is 44.9 Å². The Morgan fingerprint density at radius 3 is 2.76 bits per heavy atom. The number of nitrogens with two attached hydrogens (primary N) is 1. The van der Waals surface area contributed by atoms with Gasteiger partial charge in [0.2, 0.25) is 0 Å². The van der Waals surface area contributed by atoms with Crippen molar-refractivity contribution in [2.24, 2.45) is 0 Å². The highest BCUT2D eigenvalue weighted by atomic mass is 15.1. The van der Waals surface area contributed by atoms with Crippen molar-refractivity contribution < 1.29 is 0 Å². The Hall–Kier alpha value is -1.51. The molecule has 3 heteroatoms. The smallest absolute Gasteiger partial charge is 0.118 e. The first-order chi connectivity index (χ1) is 8.27. The number of aryl methyl sites for hydroxylation is 1. The van der Waals surface area contributed by atoms with Gasteiger partial charge in [-0.25, -0.2) is 4.98 Å². The molecule has 2 N–H and O–H groups in total. The molecule has 0 aliphatic heterocycles. The quantitative estimate of drug-likeness (QED) is 0.815. The fraction of sp³-hybridized carbons (Fsp3) is 0.500. The summed E-state index contributed by atoms with van der Waals surface area (Å²) in [6, 6.07) is 6.06. The largest absolute Gasteiger partial charge is 0.385 e. The third kappa shape index (κ3) is 1.70. The van der Waals surface area contributed by atoms with Gasteiger partial charge in [-0.1, -0.05) is 25.3 Å². The summed E-state index contributed by atoms with van der Waals surface area (Å²) in [7, 11) is 0. The molecule has 90 valence electrons. The highest BCUT2D eigenvalue weighted by molar-refractivity contribution is 5.58. The van der Waals surface area contributed by atoms with Gasteiger partial charge >= 0.3 is 0 Å². The molecule has 0 bridgehead atoms. The number of fused-ring (bicyclic) bond motifs is 1. The SMILES string of the molecule is Cc1nc(C2CCCCC2)n2c(N)cccc12. The summed E-state index contributed by atoms with van der Waals surface area (Å²) in [6.07, 6.45) is 6.53. The highest BCUT2D eigenvalue weighted by Gasteiger charge is 2.21. The molecular weight excluding hydrogens is 210 g/mol. The minimum absolute atomic E-state index is 0.592. The van der Waals surface area contributed by atoms with Crippen LogP contribution in [0.1, 0.15) is 49.5 Å². The molecule has 1 aliphatic carbocycles. The van der Waals surface area contributed by atoms with Crippen molar-refractivity contribution >= 4 is 11.3 Å². The summed E-state index contributed by atoms with van der Waals surface area (Å²) in [5.74, 6) is 2.58. The van der Waals surface area contributed by atoms with E-state index in [9.17, 15) is 0 Å². The van der Waals surface area contributed by atoms with Gasteiger partial charge in [-0.05, 0) is 31.9 Å². The average molecular weight is 229 g/mol. The van der Waals surface area contributed by atoms with E-state index in [1.54, 1.807) is 0 Å². The normalized spacial score (nSPS) is 17.7. The first kappa shape index (κ1) is 10.6. The molecular formula is C14H19N3. The Labute approximate surface area is 102 Å². The van der Waals surface area contributed by atoms with E-state index in [-0.39, 0.29) is 0 Å². The molecule has 1 saturated carbocycles. The number of hydrogen-bond acceptors (Lipinski definition) is 2. The Morgan fingerprint density at radius 2 is 2.00 bits per heavy atom. The summed E-state index contributed by atoms with van der Waals surface area (Å²) >= 11 is 0. The molecule has 0 unspecified atom stereocenters. The van der Waals surface area contributed by atoms with E-state index >= 15 is 0 Å². The zero-order valence-corrected chi connectivity index (χ0v) is 10.3. The fourth-order valence-electron chi connectivity index (χ4n) is 2.98. The van der Waals surface area contributed by atoms with Gasteiger partial charge in [-0.3, -0.25) is 4.40 Å². The average Bonchev–Trinajstić information content (AvgIpc) is 2.70. The summed E-state index contributed by atoms with van der Waals surface area (Å²) in [5, 5.41) is 0. The lowest BCUT2D eigenvalue weighted by molar-refractivity contribution is 0.428. The monoisotopic (exact) mass is 229 g/mol. The van der Waals surface area contributed by atoms with E-state index in [1.165, 1.54) is 37.9 Å². The second-order valence-corrected chi connectivity index (χ2v) is 5.06. The molecule has 2 aromatic rings. The molecule has 3 rings (SSSR count). The summed E-state index contributed by atoms with van der Waals surface area (Å²) in [4.78, 5) is 4.76. The Kier molecular flexibility index (Phi) is 2.54. The molecule has 0 amide bonds. The minimum atomic E-state index is 0.592. The third-order valence-corrected chi connectivity index (χ3v) is 3.87. The first-order valence-electron chi connectivity index (χ1n) is 6.51. The van der Waals surface area contributed by atoms with Gasteiger partial charge < -0.3 is 5.73 Å². The fourth-order valence-corrected chi connectivity index (χ4v) is 2.98. The highest BCUT2D eigenvalue weighted by Crippen LogP contribution is 2.33. The van der Waals surface area contributed by atoms with Crippen LogP contribution in [0, 0.1) is 6.92 Å². The van der Waals surface area contributed by atoms with Crippen molar-refractivity contribution in [3.63, 3.8) is 0 Å². The molecule has 1 aliphatic rings. The predicted molar refractivity (Wildman–Crippen MR) is 70.2 cm³/mol. The van der Waals surface area contributed by atoms with E-state index in [0.29, 0.717) is 5.92 Å². The van der Waals surface area contributed by atoms with E-state index < -0.39 is 0 Å².